The van der Waals surface area contributed by atoms with Gasteiger partial charge in [-0.15, -0.1) is 0 Å². The molecule has 0 aliphatic heterocycles. The largest absolute Gasteiger partial charge is 0.459 e. The lowest BCUT2D eigenvalue weighted by Crippen LogP contribution is -2.51. The van der Waals surface area contributed by atoms with Crippen LogP contribution in [-0.2, 0) is 20.9 Å². The van der Waals surface area contributed by atoms with E-state index in [1.165, 1.54) is 0 Å². The van der Waals surface area contributed by atoms with E-state index >= 15 is 0 Å². The third kappa shape index (κ3) is 11.4. The van der Waals surface area contributed by atoms with Gasteiger partial charge in [0.05, 0.1) is 6.04 Å². The monoisotopic (exact) mass is 427 g/mol. The number of nitrogens with zero attached hydrogens (tertiary/aromatic N) is 1. The van der Waals surface area contributed by atoms with E-state index in [-0.39, 0.29) is 39.4 Å². The predicted octanol–water partition coefficient (Wildman–Crippen LogP) is 1.26. The number of benzene rings is 1. The van der Waals surface area contributed by atoms with Crippen LogP contribution in [0, 0.1) is 5.92 Å². The molecule has 1 rings (SSSR count). The van der Waals surface area contributed by atoms with E-state index in [2.05, 4.69) is 15.6 Å². The molecule has 9 heteroatoms. The molecule has 0 bridgehead atoms. The summed E-state index contributed by atoms with van der Waals surface area (Å²) in [4.78, 5) is 28.5. The highest BCUT2D eigenvalue weighted by molar-refractivity contribution is 7.59. The highest BCUT2D eigenvalue weighted by atomic mass is 32.1. The summed E-state index contributed by atoms with van der Waals surface area (Å²) >= 11 is 0. The van der Waals surface area contributed by atoms with Gasteiger partial charge >= 0.3 is 5.97 Å². The number of carbonyl (C=O) groups is 2. The fourth-order valence-electron chi connectivity index (χ4n) is 2.33. The van der Waals surface area contributed by atoms with Crippen molar-refractivity contribution in [1.82, 2.24) is 10.6 Å². The van der Waals surface area contributed by atoms with E-state index in [1.54, 1.807) is 7.05 Å². The first-order valence-corrected chi connectivity index (χ1v) is 9.07. The standard InChI is InChI=1S/C19H31N5O3.CH4.H2S/c1-13(2)16(18(26)27-12-14-8-5-4-6-9-14)24-17(25)15(20)10-7-11-23-19(21)22-3;;/h4-6,8-9,13,15-16H,7,10-12,20H2,1-3H3,(H,24,25)(H3,21,22,23);1H4;1H2/t15-,16+;;/m1../s1. The molecule has 0 saturated heterocycles. The molecule has 0 heterocycles. The maximum Gasteiger partial charge on any atom is 0.329 e. The molecule has 0 fully saturated rings. The van der Waals surface area contributed by atoms with Gasteiger partial charge in [0.15, 0.2) is 5.96 Å². The molecule has 1 aromatic rings. The van der Waals surface area contributed by atoms with Crippen molar-refractivity contribution >= 4 is 31.3 Å². The minimum Gasteiger partial charge on any atom is -0.459 e. The number of rotatable bonds is 10. The van der Waals surface area contributed by atoms with Crippen molar-refractivity contribution in [3.8, 4) is 0 Å². The molecule has 29 heavy (non-hydrogen) atoms. The van der Waals surface area contributed by atoms with Crippen LogP contribution < -0.4 is 22.1 Å². The van der Waals surface area contributed by atoms with Gasteiger partial charge in [-0.1, -0.05) is 51.6 Å². The molecule has 8 nitrogen and oxygen atoms in total. The van der Waals surface area contributed by atoms with Crippen LogP contribution in [0.25, 0.3) is 0 Å². The third-order valence-electron chi connectivity index (χ3n) is 4.02. The highest BCUT2D eigenvalue weighted by Gasteiger charge is 2.27. The Kier molecular flexibility index (Phi) is 15.6. The molecular weight excluding hydrogens is 390 g/mol. The van der Waals surface area contributed by atoms with E-state index < -0.39 is 18.1 Å². The molecule has 0 aliphatic carbocycles. The third-order valence-corrected chi connectivity index (χ3v) is 4.02. The molecule has 0 aromatic heterocycles. The number of aliphatic imine (C=N–C) groups is 1. The Labute approximate surface area is 181 Å². The maximum absolute atomic E-state index is 12.4. The second-order valence-corrected chi connectivity index (χ2v) is 6.61. The Morgan fingerprint density at radius 1 is 1.21 bits per heavy atom. The maximum atomic E-state index is 12.4. The molecule has 0 aliphatic rings. The predicted molar refractivity (Wildman–Crippen MR) is 123 cm³/mol. The normalized spacial score (nSPS) is 12.8. The average Bonchev–Trinajstić information content (AvgIpc) is 2.67. The molecular formula is C20H37N5O3S. The summed E-state index contributed by atoms with van der Waals surface area (Å²) in [6.45, 7) is 4.42. The van der Waals surface area contributed by atoms with Crippen molar-refractivity contribution in [3.05, 3.63) is 35.9 Å². The highest BCUT2D eigenvalue weighted by Crippen LogP contribution is 2.08. The molecule has 0 radical (unpaired) electrons. The number of amides is 1. The zero-order valence-corrected chi connectivity index (χ0v) is 17.8. The first-order valence-electron chi connectivity index (χ1n) is 9.07. The lowest BCUT2D eigenvalue weighted by atomic mass is 10.0. The van der Waals surface area contributed by atoms with E-state index in [1.807, 2.05) is 44.2 Å². The number of hydrogen-bond acceptors (Lipinski definition) is 5. The first kappa shape index (κ1) is 28.9. The van der Waals surface area contributed by atoms with Gasteiger partial charge in [-0.25, -0.2) is 4.79 Å². The summed E-state index contributed by atoms with van der Waals surface area (Å²) in [5.74, 6) is -0.619. The number of hydrogen-bond donors (Lipinski definition) is 4. The lowest BCUT2D eigenvalue weighted by Gasteiger charge is -2.23. The zero-order valence-electron chi connectivity index (χ0n) is 16.8. The molecule has 0 spiro atoms. The number of esters is 1. The molecule has 0 unspecified atom stereocenters. The Morgan fingerprint density at radius 2 is 1.83 bits per heavy atom. The van der Waals surface area contributed by atoms with Gasteiger partial charge in [-0.2, -0.15) is 13.5 Å². The lowest BCUT2D eigenvalue weighted by molar-refractivity contribution is -0.150. The van der Waals surface area contributed by atoms with Gasteiger partial charge in [0, 0.05) is 13.6 Å². The Balaban J connectivity index is 0. The summed E-state index contributed by atoms with van der Waals surface area (Å²) in [5, 5.41) is 5.61. The Morgan fingerprint density at radius 3 is 2.38 bits per heavy atom. The quantitative estimate of drug-likeness (QED) is 0.192. The Bertz CT molecular complexity index is 626. The minimum absolute atomic E-state index is 0. The van der Waals surface area contributed by atoms with Gasteiger partial charge < -0.3 is 26.8 Å². The summed E-state index contributed by atoms with van der Waals surface area (Å²) < 4.78 is 5.34. The summed E-state index contributed by atoms with van der Waals surface area (Å²) in [6, 6.07) is 7.93. The van der Waals surface area contributed by atoms with Gasteiger partial charge in [-0.3, -0.25) is 9.79 Å². The fourth-order valence-corrected chi connectivity index (χ4v) is 2.33. The van der Waals surface area contributed by atoms with Crippen molar-refractivity contribution in [2.75, 3.05) is 13.6 Å². The van der Waals surface area contributed by atoms with Crippen molar-refractivity contribution in [2.24, 2.45) is 22.4 Å². The van der Waals surface area contributed by atoms with Crippen LogP contribution in [0.5, 0.6) is 0 Å². The van der Waals surface area contributed by atoms with Crippen LogP contribution in [-0.4, -0.2) is 43.5 Å². The number of nitrogens with two attached hydrogens (primary N) is 2. The van der Waals surface area contributed by atoms with Crippen LogP contribution in [0.1, 0.15) is 39.7 Å². The number of nitrogens with one attached hydrogen (secondary N) is 2. The Hall–Kier alpha value is -2.26. The molecule has 1 aromatic carbocycles. The number of ether oxygens (including phenoxy) is 1. The van der Waals surface area contributed by atoms with Crippen molar-refractivity contribution in [3.63, 3.8) is 0 Å². The van der Waals surface area contributed by atoms with Crippen LogP contribution in [0.3, 0.4) is 0 Å². The molecule has 166 valence electrons. The molecule has 2 atom stereocenters. The number of guanidine groups is 1. The molecule has 6 N–H and O–H groups in total. The van der Waals surface area contributed by atoms with E-state index in [0.717, 1.165) is 5.56 Å². The minimum atomic E-state index is -0.742. The topological polar surface area (TPSA) is 132 Å². The van der Waals surface area contributed by atoms with Crippen molar-refractivity contribution in [1.29, 1.82) is 0 Å². The fraction of sp³-hybridized carbons (Fsp3) is 0.550. The molecule has 0 saturated carbocycles. The van der Waals surface area contributed by atoms with Gasteiger partial charge in [0.1, 0.15) is 12.6 Å². The number of carbonyl (C=O) groups excluding carboxylic acids is 2. The van der Waals surface area contributed by atoms with Crippen LogP contribution in [0.2, 0.25) is 0 Å². The van der Waals surface area contributed by atoms with Gasteiger partial charge in [0.25, 0.3) is 0 Å². The van der Waals surface area contributed by atoms with E-state index in [0.29, 0.717) is 25.3 Å². The van der Waals surface area contributed by atoms with Gasteiger partial charge in [0.2, 0.25) is 5.91 Å². The average molecular weight is 428 g/mol. The van der Waals surface area contributed by atoms with Crippen LogP contribution in [0.4, 0.5) is 0 Å². The van der Waals surface area contributed by atoms with Crippen molar-refractivity contribution in [2.45, 2.75) is 52.8 Å². The SMILES string of the molecule is C.CN=C(N)NCCC[C@@H](N)C(=O)N[C@H](C(=O)OCc1ccccc1)C(C)C.S. The van der Waals surface area contributed by atoms with Crippen molar-refractivity contribution < 1.29 is 14.3 Å². The van der Waals surface area contributed by atoms with E-state index in [4.69, 9.17) is 16.2 Å². The second kappa shape index (κ2) is 15.6. The summed E-state index contributed by atoms with van der Waals surface area (Å²) in [7, 11) is 1.59. The van der Waals surface area contributed by atoms with Gasteiger partial charge in [-0.05, 0) is 24.3 Å². The summed E-state index contributed by atoms with van der Waals surface area (Å²) in [5.41, 5.74) is 12.3. The van der Waals surface area contributed by atoms with E-state index in [9.17, 15) is 9.59 Å². The van der Waals surface area contributed by atoms with Crippen LogP contribution in [0.15, 0.2) is 35.3 Å². The molecule has 1 amide bonds. The second-order valence-electron chi connectivity index (χ2n) is 6.61. The van der Waals surface area contributed by atoms with Crippen LogP contribution >= 0.6 is 13.5 Å². The smallest absolute Gasteiger partial charge is 0.329 e. The first-order chi connectivity index (χ1) is 12.8. The summed E-state index contributed by atoms with van der Waals surface area (Å²) in [6.07, 6.45) is 1.11. The zero-order chi connectivity index (χ0) is 20.2.